The minimum atomic E-state index is -0.232. The topological polar surface area (TPSA) is 81.6 Å². The zero-order valence-corrected chi connectivity index (χ0v) is 11.5. The molecule has 0 unspecified atom stereocenters. The second-order valence-corrected chi connectivity index (χ2v) is 4.26. The highest BCUT2D eigenvalue weighted by atomic mass is 16.5. The van der Waals surface area contributed by atoms with Crippen LogP contribution in [0.5, 0.6) is 0 Å². The predicted molar refractivity (Wildman–Crippen MR) is 75.4 cm³/mol. The number of rotatable bonds is 5. The van der Waals surface area contributed by atoms with Crippen LogP contribution in [0.2, 0.25) is 0 Å². The number of amides is 1. The van der Waals surface area contributed by atoms with Crippen molar-refractivity contribution >= 4 is 17.3 Å². The number of benzene rings is 1. The lowest BCUT2D eigenvalue weighted by Crippen LogP contribution is -2.30. The molecule has 0 fully saturated rings. The summed E-state index contributed by atoms with van der Waals surface area (Å²) in [6.07, 6.45) is 0. The van der Waals surface area contributed by atoms with Crippen LogP contribution in [0.15, 0.2) is 34.9 Å². The number of hydrogen-bond donors (Lipinski definition) is 1. The van der Waals surface area contributed by atoms with E-state index in [4.69, 9.17) is 15.0 Å². The van der Waals surface area contributed by atoms with Crippen molar-refractivity contribution in [3.63, 3.8) is 0 Å². The highest BCUT2D eigenvalue weighted by Crippen LogP contribution is 2.20. The zero-order chi connectivity index (χ0) is 14.5. The fourth-order valence-electron chi connectivity index (χ4n) is 1.90. The van der Waals surface area contributed by atoms with Gasteiger partial charge >= 0.3 is 0 Å². The Morgan fingerprint density at radius 1 is 1.45 bits per heavy atom. The summed E-state index contributed by atoms with van der Waals surface area (Å²) in [6, 6.07) is 8.74. The Morgan fingerprint density at radius 3 is 2.90 bits per heavy atom. The molecule has 0 saturated carbocycles. The van der Waals surface area contributed by atoms with E-state index in [1.54, 1.807) is 36.3 Å². The molecule has 0 radical (unpaired) electrons. The van der Waals surface area contributed by atoms with Gasteiger partial charge in [-0.3, -0.25) is 4.79 Å². The quantitative estimate of drug-likeness (QED) is 0.845. The van der Waals surface area contributed by atoms with Crippen molar-refractivity contribution in [2.45, 2.75) is 13.5 Å². The highest BCUT2D eigenvalue weighted by Gasteiger charge is 2.20. The number of aromatic nitrogens is 1. The summed E-state index contributed by atoms with van der Waals surface area (Å²) in [5.74, 6) is 0.281. The molecule has 0 saturated heterocycles. The summed E-state index contributed by atoms with van der Waals surface area (Å²) >= 11 is 0. The standard InChI is InChI=1S/C14H17N3O3/c1-3-17(11-6-4-5-10(15)7-11)14(18)13-8-12(9-19-2)20-16-13/h4-8H,3,9,15H2,1-2H3. The molecular weight excluding hydrogens is 258 g/mol. The molecule has 0 spiro atoms. The van der Waals surface area contributed by atoms with Crippen molar-refractivity contribution in [2.75, 3.05) is 24.3 Å². The zero-order valence-electron chi connectivity index (χ0n) is 11.5. The molecule has 2 rings (SSSR count). The van der Waals surface area contributed by atoms with Gasteiger partial charge in [-0.15, -0.1) is 0 Å². The number of ether oxygens (including phenoxy) is 1. The molecule has 0 aliphatic heterocycles. The Morgan fingerprint density at radius 2 is 2.25 bits per heavy atom. The fourth-order valence-corrected chi connectivity index (χ4v) is 1.90. The Hall–Kier alpha value is -2.34. The predicted octanol–water partition coefficient (Wildman–Crippen LogP) is 2.07. The number of methoxy groups -OCH3 is 1. The second-order valence-electron chi connectivity index (χ2n) is 4.26. The number of hydrogen-bond acceptors (Lipinski definition) is 5. The molecule has 0 aliphatic rings. The average molecular weight is 275 g/mol. The monoisotopic (exact) mass is 275 g/mol. The third kappa shape index (κ3) is 2.97. The molecule has 6 heteroatoms. The molecule has 1 aromatic heterocycles. The summed E-state index contributed by atoms with van der Waals surface area (Å²) in [4.78, 5) is 14.0. The number of anilines is 2. The molecule has 1 amide bonds. The van der Waals surface area contributed by atoms with Crippen LogP contribution in [0.1, 0.15) is 23.2 Å². The van der Waals surface area contributed by atoms with Gasteiger partial charge in [-0.05, 0) is 25.1 Å². The first-order valence-electron chi connectivity index (χ1n) is 6.27. The smallest absolute Gasteiger partial charge is 0.280 e. The summed E-state index contributed by atoms with van der Waals surface area (Å²) in [5, 5.41) is 3.77. The SMILES string of the molecule is CCN(C(=O)c1cc(COC)on1)c1cccc(N)c1. The molecule has 0 aliphatic carbocycles. The van der Waals surface area contributed by atoms with Crippen LogP contribution in [0.25, 0.3) is 0 Å². The molecule has 1 aromatic carbocycles. The fraction of sp³-hybridized carbons (Fsp3) is 0.286. The van der Waals surface area contributed by atoms with E-state index < -0.39 is 0 Å². The van der Waals surface area contributed by atoms with Crippen molar-refractivity contribution in [1.82, 2.24) is 5.16 Å². The van der Waals surface area contributed by atoms with Crippen LogP contribution >= 0.6 is 0 Å². The summed E-state index contributed by atoms with van der Waals surface area (Å²) < 4.78 is 9.97. The Balaban J connectivity index is 2.24. The molecule has 20 heavy (non-hydrogen) atoms. The lowest BCUT2D eigenvalue weighted by molar-refractivity contribution is 0.0979. The maximum absolute atomic E-state index is 12.4. The maximum Gasteiger partial charge on any atom is 0.280 e. The lowest BCUT2D eigenvalue weighted by Gasteiger charge is -2.19. The minimum Gasteiger partial charge on any atom is -0.399 e. The van der Waals surface area contributed by atoms with Gasteiger partial charge in [0.2, 0.25) is 0 Å². The van der Waals surface area contributed by atoms with Crippen LogP contribution in [0.4, 0.5) is 11.4 Å². The van der Waals surface area contributed by atoms with Crippen molar-refractivity contribution < 1.29 is 14.1 Å². The van der Waals surface area contributed by atoms with E-state index in [0.29, 0.717) is 18.0 Å². The molecule has 2 aromatic rings. The van der Waals surface area contributed by atoms with Crippen LogP contribution < -0.4 is 10.6 Å². The van der Waals surface area contributed by atoms with Crippen molar-refractivity contribution in [3.8, 4) is 0 Å². The summed E-state index contributed by atoms with van der Waals surface area (Å²) in [7, 11) is 1.55. The van der Waals surface area contributed by atoms with E-state index in [1.165, 1.54) is 0 Å². The maximum atomic E-state index is 12.4. The molecule has 0 bridgehead atoms. The molecule has 2 N–H and O–H groups in total. The third-order valence-electron chi connectivity index (χ3n) is 2.81. The Bertz CT molecular complexity index is 595. The van der Waals surface area contributed by atoms with Gasteiger partial charge in [-0.2, -0.15) is 0 Å². The van der Waals surface area contributed by atoms with Gasteiger partial charge in [0.1, 0.15) is 6.61 Å². The molecule has 106 valence electrons. The van der Waals surface area contributed by atoms with Gasteiger partial charge in [-0.25, -0.2) is 0 Å². The first kappa shape index (κ1) is 14.1. The third-order valence-corrected chi connectivity index (χ3v) is 2.81. The van der Waals surface area contributed by atoms with Crippen molar-refractivity contribution in [1.29, 1.82) is 0 Å². The van der Waals surface area contributed by atoms with Gasteiger partial charge in [-0.1, -0.05) is 11.2 Å². The van der Waals surface area contributed by atoms with Crippen molar-refractivity contribution in [3.05, 3.63) is 41.8 Å². The van der Waals surface area contributed by atoms with Crippen LogP contribution in [0.3, 0.4) is 0 Å². The van der Waals surface area contributed by atoms with Crippen LogP contribution in [-0.4, -0.2) is 24.7 Å². The Labute approximate surface area is 117 Å². The summed E-state index contributed by atoms with van der Waals surface area (Å²) in [5.41, 5.74) is 7.33. The van der Waals surface area contributed by atoms with E-state index in [1.807, 2.05) is 13.0 Å². The van der Waals surface area contributed by atoms with E-state index in [-0.39, 0.29) is 18.2 Å². The molecule has 0 atom stereocenters. The molecular formula is C14H17N3O3. The van der Waals surface area contributed by atoms with E-state index in [2.05, 4.69) is 5.16 Å². The minimum absolute atomic E-state index is 0.232. The van der Waals surface area contributed by atoms with E-state index in [0.717, 1.165) is 5.69 Å². The first-order chi connectivity index (χ1) is 9.65. The van der Waals surface area contributed by atoms with Gasteiger partial charge in [0.25, 0.3) is 5.91 Å². The first-order valence-corrected chi connectivity index (χ1v) is 6.27. The van der Waals surface area contributed by atoms with Gasteiger partial charge in [0.05, 0.1) is 0 Å². The van der Waals surface area contributed by atoms with E-state index >= 15 is 0 Å². The highest BCUT2D eigenvalue weighted by molar-refractivity contribution is 6.04. The number of carbonyl (C=O) groups excluding carboxylic acids is 1. The number of nitrogens with zero attached hydrogens (tertiary/aromatic N) is 2. The van der Waals surface area contributed by atoms with Gasteiger partial charge in [0.15, 0.2) is 11.5 Å². The Kier molecular flexibility index (Phi) is 4.37. The van der Waals surface area contributed by atoms with Gasteiger partial charge in [0, 0.05) is 31.1 Å². The largest absolute Gasteiger partial charge is 0.399 e. The molecule has 1 heterocycles. The number of nitrogen functional groups attached to an aromatic ring is 1. The van der Waals surface area contributed by atoms with Crippen LogP contribution in [-0.2, 0) is 11.3 Å². The lowest BCUT2D eigenvalue weighted by atomic mass is 10.2. The second kappa shape index (κ2) is 6.21. The number of nitrogens with two attached hydrogens (primary N) is 1. The number of carbonyl (C=O) groups is 1. The average Bonchev–Trinajstić information content (AvgIpc) is 2.89. The normalized spacial score (nSPS) is 10.5. The van der Waals surface area contributed by atoms with E-state index in [9.17, 15) is 4.79 Å². The van der Waals surface area contributed by atoms with Gasteiger partial charge < -0.3 is 19.9 Å². The van der Waals surface area contributed by atoms with Crippen LogP contribution in [0, 0.1) is 0 Å². The summed E-state index contributed by atoms with van der Waals surface area (Å²) in [6.45, 7) is 2.68. The molecule has 6 nitrogen and oxygen atoms in total. The van der Waals surface area contributed by atoms with Crippen molar-refractivity contribution in [2.24, 2.45) is 0 Å².